The molecule has 0 aliphatic heterocycles. The van der Waals surface area contributed by atoms with Crippen molar-refractivity contribution in [3.8, 4) is 0 Å². The van der Waals surface area contributed by atoms with E-state index >= 15 is 0 Å². The van der Waals surface area contributed by atoms with Crippen molar-refractivity contribution in [3.05, 3.63) is 69.2 Å². The van der Waals surface area contributed by atoms with Gasteiger partial charge < -0.3 is 4.74 Å². The second-order valence-corrected chi connectivity index (χ2v) is 6.76. The summed E-state index contributed by atoms with van der Waals surface area (Å²) in [5.41, 5.74) is 2.76. The van der Waals surface area contributed by atoms with Gasteiger partial charge in [0.2, 0.25) is 0 Å². The molecule has 0 bridgehead atoms. The van der Waals surface area contributed by atoms with Crippen molar-refractivity contribution >= 4 is 27.5 Å². The van der Waals surface area contributed by atoms with Crippen LogP contribution in [0.25, 0.3) is 0 Å². The topological polar surface area (TPSA) is 9.23 Å². The van der Waals surface area contributed by atoms with Crippen LogP contribution in [0.15, 0.2) is 53.0 Å². The Labute approximate surface area is 133 Å². The molecule has 3 rings (SSSR count). The predicted molar refractivity (Wildman–Crippen MR) is 86.2 cm³/mol. The minimum Gasteiger partial charge on any atom is -0.376 e. The van der Waals surface area contributed by atoms with Crippen LogP contribution >= 0.6 is 27.5 Å². The second kappa shape index (κ2) is 5.88. The van der Waals surface area contributed by atoms with Gasteiger partial charge in [0.25, 0.3) is 0 Å². The van der Waals surface area contributed by atoms with Crippen LogP contribution in [-0.4, -0.2) is 6.61 Å². The summed E-state index contributed by atoms with van der Waals surface area (Å²) < 4.78 is 7.03. The molecule has 2 aromatic rings. The van der Waals surface area contributed by atoms with Gasteiger partial charge in [0, 0.05) is 14.9 Å². The zero-order valence-corrected chi connectivity index (χ0v) is 13.5. The monoisotopic (exact) mass is 350 g/mol. The van der Waals surface area contributed by atoms with E-state index in [0.29, 0.717) is 6.61 Å². The molecule has 0 heterocycles. The molecule has 0 saturated heterocycles. The fraction of sp³-hybridized carbons (Fsp3) is 0.294. The van der Waals surface area contributed by atoms with Gasteiger partial charge in [0.15, 0.2) is 0 Å². The van der Waals surface area contributed by atoms with Crippen molar-refractivity contribution < 1.29 is 4.74 Å². The van der Waals surface area contributed by atoms with E-state index in [9.17, 15) is 0 Å². The molecule has 104 valence electrons. The highest BCUT2D eigenvalue weighted by molar-refractivity contribution is 9.10. The fourth-order valence-electron chi connectivity index (χ4n) is 2.46. The van der Waals surface area contributed by atoms with E-state index in [0.717, 1.165) is 16.1 Å². The Morgan fingerprint density at radius 3 is 2.50 bits per heavy atom. The molecule has 1 fully saturated rings. The number of hydrogen-bond donors (Lipinski definition) is 0. The zero-order valence-electron chi connectivity index (χ0n) is 11.1. The molecule has 0 radical (unpaired) electrons. The van der Waals surface area contributed by atoms with E-state index < -0.39 is 0 Å². The SMILES string of the molecule is Clc1ccc(C2(COCc3cccc(Br)c3)CC2)cc1. The Hall–Kier alpha value is -0.830. The Kier molecular flexibility index (Phi) is 4.16. The highest BCUT2D eigenvalue weighted by Gasteiger charge is 2.44. The van der Waals surface area contributed by atoms with Crippen molar-refractivity contribution in [2.75, 3.05) is 6.61 Å². The Morgan fingerprint density at radius 2 is 1.85 bits per heavy atom. The quantitative estimate of drug-likeness (QED) is 0.705. The Morgan fingerprint density at radius 1 is 1.10 bits per heavy atom. The van der Waals surface area contributed by atoms with Crippen LogP contribution in [-0.2, 0) is 16.8 Å². The molecule has 0 aromatic heterocycles. The second-order valence-electron chi connectivity index (χ2n) is 5.41. The smallest absolute Gasteiger partial charge is 0.0717 e. The van der Waals surface area contributed by atoms with Crippen molar-refractivity contribution in [2.45, 2.75) is 24.9 Å². The number of halogens is 2. The molecule has 2 aromatic carbocycles. The largest absolute Gasteiger partial charge is 0.376 e. The molecule has 1 saturated carbocycles. The van der Waals surface area contributed by atoms with E-state index in [1.54, 1.807) is 0 Å². The van der Waals surface area contributed by atoms with Crippen LogP contribution in [0.5, 0.6) is 0 Å². The number of rotatable bonds is 5. The van der Waals surface area contributed by atoms with E-state index in [-0.39, 0.29) is 5.41 Å². The van der Waals surface area contributed by atoms with Crippen LogP contribution < -0.4 is 0 Å². The fourth-order valence-corrected chi connectivity index (χ4v) is 3.03. The summed E-state index contributed by atoms with van der Waals surface area (Å²) >= 11 is 9.43. The molecule has 1 nitrogen and oxygen atoms in total. The van der Waals surface area contributed by atoms with Crippen LogP contribution in [0.3, 0.4) is 0 Å². The van der Waals surface area contributed by atoms with Gasteiger partial charge in [-0.25, -0.2) is 0 Å². The summed E-state index contributed by atoms with van der Waals surface area (Å²) in [5.74, 6) is 0. The average molecular weight is 352 g/mol. The molecule has 1 aliphatic carbocycles. The number of benzene rings is 2. The lowest BCUT2D eigenvalue weighted by molar-refractivity contribution is 0.100. The zero-order chi connectivity index (χ0) is 14.0. The molecule has 0 amide bonds. The van der Waals surface area contributed by atoms with E-state index in [1.807, 2.05) is 24.3 Å². The van der Waals surface area contributed by atoms with Gasteiger partial charge in [-0.1, -0.05) is 51.8 Å². The third kappa shape index (κ3) is 3.25. The molecule has 0 unspecified atom stereocenters. The predicted octanol–water partition coefficient (Wildman–Crippen LogP) is 5.35. The van der Waals surface area contributed by atoms with Gasteiger partial charge in [-0.3, -0.25) is 0 Å². The standard InChI is InChI=1S/C17H16BrClO/c18-15-3-1-2-13(10-15)11-20-12-17(8-9-17)14-4-6-16(19)7-5-14/h1-7,10H,8-9,11-12H2. The molecule has 20 heavy (non-hydrogen) atoms. The molecule has 0 atom stereocenters. The summed E-state index contributed by atoms with van der Waals surface area (Å²) in [6.07, 6.45) is 2.40. The molecule has 1 aliphatic rings. The van der Waals surface area contributed by atoms with Crippen molar-refractivity contribution in [1.29, 1.82) is 0 Å². The average Bonchev–Trinajstić information content (AvgIpc) is 3.21. The Balaban J connectivity index is 1.59. The maximum Gasteiger partial charge on any atom is 0.0717 e. The normalized spacial score (nSPS) is 16.1. The van der Waals surface area contributed by atoms with Crippen LogP contribution in [0, 0.1) is 0 Å². The van der Waals surface area contributed by atoms with Crippen LogP contribution in [0.2, 0.25) is 5.02 Å². The van der Waals surface area contributed by atoms with Gasteiger partial charge >= 0.3 is 0 Å². The highest BCUT2D eigenvalue weighted by Crippen LogP contribution is 2.48. The van der Waals surface area contributed by atoms with E-state index in [2.05, 4.69) is 40.2 Å². The first-order chi connectivity index (χ1) is 9.68. The maximum atomic E-state index is 5.95. The van der Waals surface area contributed by atoms with Gasteiger partial charge in [-0.15, -0.1) is 0 Å². The third-order valence-corrected chi connectivity index (χ3v) is 4.59. The van der Waals surface area contributed by atoms with Gasteiger partial charge in [0.1, 0.15) is 0 Å². The molecular weight excluding hydrogens is 336 g/mol. The molecule has 3 heteroatoms. The first-order valence-electron chi connectivity index (χ1n) is 6.76. The lowest BCUT2D eigenvalue weighted by Gasteiger charge is -2.16. The van der Waals surface area contributed by atoms with Crippen molar-refractivity contribution in [2.24, 2.45) is 0 Å². The molecule has 0 spiro atoms. The number of ether oxygens (including phenoxy) is 1. The summed E-state index contributed by atoms with van der Waals surface area (Å²) in [7, 11) is 0. The van der Waals surface area contributed by atoms with Gasteiger partial charge in [-0.2, -0.15) is 0 Å². The van der Waals surface area contributed by atoms with E-state index in [1.165, 1.54) is 24.0 Å². The first kappa shape index (κ1) is 14.1. The Bertz CT molecular complexity index is 590. The van der Waals surface area contributed by atoms with Crippen molar-refractivity contribution in [3.63, 3.8) is 0 Å². The summed E-state index contributed by atoms with van der Waals surface area (Å²) in [5, 5.41) is 0.791. The van der Waals surface area contributed by atoms with E-state index in [4.69, 9.17) is 16.3 Å². The molecular formula is C17H16BrClO. The third-order valence-electron chi connectivity index (χ3n) is 3.85. The summed E-state index contributed by atoms with van der Waals surface area (Å²) in [6, 6.07) is 16.4. The van der Waals surface area contributed by atoms with Crippen LogP contribution in [0.1, 0.15) is 24.0 Å². The lowest BCUT2D eigenvalue weighted by Crippen LogP contribution is -2.15. The summed E-state index contributed by atoms with van der Waals surface area (Å²) in [4.78, 5) is 0. The highest BCUT2D eigenvalue weighted by atomic mass is 79.9. The van der Waals surface area contributed by atoms with Crippen LogP contribution in [0.4, 0.5) is 0 Å². The molecule has 0 N–H and O–H groups in total. The van der Waals surface area contributed by atoms with Crippen molar-refractivity contribution in [1.82, 2.24) is 0 Å². The van der Waals surface area contributed by atoms with Gasteiger partial charge in [-0.05, 0) is 48.2 Å². The minimum absolute atomic E-state index is 0.219. The summed E-state index contributed by atoms with van der Waals surface area (Å²) in [6.45, 7) is 1.44. The lowest BCUT2D eigenvalue weighted by atomic mass is 9.97. The maximum absolute atomic E-state index is 5.95. The minimum atomic E-state index is 0.219. The first-order valence-corrected chi connectivity index (χ1v) is 7.93. The number of hydrogen-bond acceptors (Lipinski definition) is 1. The van der Waals surface area contributed by atoms with Gasteiger partial charge in [0.05, 0.1) is 13.2 Å².